The number of carbonyl (C=O) groups excluding carboxylic acids is 1. The summed E-state index contributed by atoms with van der Waals surface area (Å²) in [5.74, 6) is 1.26. The molecule has 1 fully saturated rings. The maximum absolute atomic E-state index is 12.4. The normalized spacial score (nSPS) is 16.5. The van der Waals surface area contributed by atoms with Crippen LogP contribution in [0.4, 0.5) is 0 Å². The van der Waals surface area contributed by atoms with E-state index in [0.717, 1.165) is 4.88 Å². The van der Waals surface area contributed by atoms with Crippen LogP contribution in [-0.2, 0) is 21.2 Å². The Hall–Kier alpha value is -1.71. The van der Waals surface area contributed by atoms with Crippen molar-refractivity contribution in [2.24, 2.45) is 0 Å². The molecule has 1 aliphatic heterocycles. The number of rotatable bonds is 7. The van der Waals surface area contributed by atoms with Crippen LogP contribution in [-0.4, -0.2) is 48.5 Å². The predicted octanol–water partition coefficient (Wildman–Crippen LogP) is 2.57. The summed E-state index contributed by atoms with van der Waals surface area (Å²) in [7, 11) is -3.16. The molecule has 0 saturated carbocycles. The van der Waals surface area contributed by atoms with Crippen LogP contribution in [0.5, 0.6) is 0 Å². The molecule has 0 unspecified atom stereocenters. The first-order valence-electron chi connectivity index (χ1n) is 9.16. The van der Waals surface area contributed by atoms with Gasteiger partial charge in [-0.1, -0.05) is 13.0 Å². The van der Waals surface area contributed by atoms with Gasteiger partial charge in [-0.15, -0.1) is 11.3 Å². The first-order valence-corrected chi connectivity index (χ1v) is 11.6. The van der Waals surface area contributed by atoms with E-state index in [-0.39, 0.29) is 24.1 Å². The third kappa shape index (κ3) is 4.97. The maximum atomic E-state index is 12.4. The topological polar surface area (TPSA) is 92.5 Å². The molecule has 0 aliphatic carbocycles. The van der Waals surface area contributed by atoms with Gasteiger partial charge < -0.3 is 9.73 Å². The summed E-state index contributed by atoms with van der Waals surface area (Å²) in [4.78, 5) is 17.8. The largest absolute Gasteiger partial charge is 0.440 e. The molecule has 148 valence electrons. The van der Waals surface area contributed by atoms with Crippen molar-refractivity contribution in [1.82, 2.24) is 14.6 Å². The van der Waals surface area contributed by atoms with Crippen molar-refractivity contribution in [2.75, 3.05) is 18.8 Å². The number of amides is 1. The number of sulfonamides is 1. The minimum Gasteiger partial charge on any atom is -0.440 e. The zero-order valence-electron chi connectivity index (χ0n) is 15.6. The van der Waals surface area contributed by atoms with Gasteiger partial charge in [-0.2, -0.15) is 0 Å². The van der Waals surface area contributed by atoms with Gasteiger partial charge in [0.25, 0.3) is 0 Å². The molecule has 9 heteroatoms. The van der Waals surface area contributed by atoms with E-state index in [1.165, 1.54) is 4.31 Å². The van der Waals surface area contributed by atoms with E-state index >= 15 is 0 Å². The van der Waals surface area contributed by atoms with Gasteiger partial charge in [-0.25, -0.2) is 17.7 Å². The molecule has 2 aromatic rings. The van der Waals surface area contributed by atoms with E-state index in [1.54, 1.807) is 11.3 Å². The van der Waals surface area contributed by atoms with Crippen molar-refractivity contribution in [3.8, 4) is 10.8 Å². The standard InChI is InChI=1S/C18H25N3O4S2/c1-3-11-27(23,24)21-8-6-14(7-9-21)19-17(22)12-15-13(2)25-18(20-15)16-5-4-10-26-16/h4-5,10,14H,3,6-9,11-12H2,1-2H3,(H,19,22). The number of nitrogens with zero attached hydrogens (tertiary/aromatic N) is 2. The molecule has 0 aromatic carbocycles. The van der Waals surface area contributed by atoms with Crippen LogP contribution < -0.4 is 5.32 Å². The van der Waals surface area contributed by atoms with Crippen molar-refractivity contribution >= 4 is 27.3 Å². The highest BCUT2D eigenvalue weighted by atomic mass is 32.2. The third-order valence-electron chi connectivity index (χ3n) is 4.63. The number of carbonyl (C=O) groups is 1. The second-order valence-electron chi connectivity index (χ2n) is 6.73. The second kappa shape index (κ2) is 8.53. The summed E-state index contributed by atoms with van der Waals surface area (Å²) in [6, 6.07) is 3.86. The Morgan fingerprint density at radius 2 is 2.15 bits per heavy atom. The van der Waals surface area contributed by atoms with Crippen LogP contribution >= 0.6 is 11.3 Å². The zero-order chi connectivity index (χ0) is 19.4. The van der Waals surface area contributed by atoms with Crippen LogP contribution in [0.25, 0.3) is 10.8 Å². The molecule has 0 spiro atoms. The Kier molecular flexibility index (Phi) is 6.33. The van der Waals surface area contributed by atoms with Crippen molar-refractivity contribution in [3.05, 3.63) is 29.0 Å². The number of oxazole rings is 1. The van der Waals surface area contributed by atoms with E-state index in [9.17, 15) is 13.2 Å². The molecule has 27 heavy (non-hydrogen) atoms. The minimum atomic E-state index is -3.16. The lowest BCUT2D eigenvalue weighted by Crippen LogP contribution is -2.47. The van der Waals surface area contributed by atoms with Crippen molar-refractivity contribution in [1.29, 1.82) is 0 Å². The van der Waals surface area contributed by atoms with Crippen LogP contribution in [0.2, 0.25) is 0 Å². The molecule has 1 amide bonds. The SMILES string of the molecule is CCCS(=O)(=O)N1CCC(NC(=O)Cc2nc(-c3cccs3)oc2C)CC1. The molecule has 1 saturated heterocycles. The molecule has 7 nitrogen and oxygen atoms in total. The number of aromatic nitrogens is 1. The highest BCUT2D eigenvalue weighted by molar-refractivity contribution is 7.89. The molecular formula is C18H25N3O4S2. The van der Waals surface area contributed by atoms with Gasteiger partial charge in [-0.3, -0.25) is 4.79 Å². The molecule has 0 bridgehead atoms. The lowest BCUT2D eigenvalue weighted by molar-refractivity contribution is -0.121. The first kappa shape index (κ1) is 20.0. The van der Waals surface area contributed by atoms with Crippen LogP contribution in [0.1, 0.15) is 37.6 Å². The molecular weight excluding hydrogens is 386 g/mol. The van der Waals surface area contributed by atoms with Gasteiger partial charge in [-0.05, 0) is 37.6 Å². The van der Waals surface area contributed by atoms with Crippen LogP contribution in [0.15, 0.2) is 21.9 Å². The molecule has 2 aromatic heterocycles. The molecule has 3 rings (SSSR count). The van der Waals surface area contributed by atoms with E-state index in [1.807, 2.05) is 31.4 Å². The average Bonchev–Trinajstić information content (AvgIpc) is 3.26. The van der Waals surface area contributed by atoms with Gasteiger partial charge in [0.05, 0.1) is 22.7 Å². The number of piperidine rings is 1. The minimum absolute atomic E-state index is 0.00505. The molecule has 1 N–H and O–H groups in total. The zero-order valence-corrected chi connectivity index (χ0v) is 17.2. The Morgan fingerprint density at radius 3 is 2.78 bits per heavy atom. The van der Waals surface area contributed by atoms with E-state index < -0.39 is 10.0 Å². The maximum Gasteiger partial charge on any atom is 0.236 e. The van der Waals surface area contributed by atoms with E-state index in [2.05, 4.69) is 10.3 Å². The monoisotopic (exact) mass is 411 g/mol. The van der Waals surface area contributed by atoms with Crippen LogP contribution in [0, 0.1) is 6.92 Å². The smallest absolute Gasteiger partial charge is 0.236 e. The summed E-state index contributed by atoms with van der Waals surface area (Å²) >= 11 is 1.54. The van der Waals surface area contributed by atoms with Crippen molar-refractivity contribution in [3.63, 3.8) is 0 Å². The fourth-order valence-electron chi connectivity index (χ4n) is 3.19. The highest BCUT2D eigenvalue weighted by Gasteiger charge is 2.28. The summed E-state index contributed by atoms with van der Waals surface area (Å²) < 4.78 is 31.4. The number of nitrogens with one attached hydrogen (secondary N) is 1. The Morgan fingerprint density at radius 1 is 1.41 bits per heavy atom. The van der Waals surface area contributed by atoms with E-state index in [0.29, 0.717) is 49.7 Å². The van der Waals surface area contributed by atoms with Crippen molar-refractivity contribution in [2.45, 2.75) is 45.6 Å². The lowest BCUT2D eigenvalue weighted by atomic mass is 10.1. The lowest BCUT2D eigenvalue weighted by Gasteiger charge is -2.31. The summed E-state index contributed by atoms with van der Waals surface area (Å²) in [5.41, 5.74) is 0.638. The second-order valence-corrected chi connectivity index (χ2v) is 9.77. The Bertz CT molecular complexity index is 867. The van der Waals surface area contributed by atoms with Gasteiger partial charge in [0.1, 0.15) is 5.76 Å². The fraction of sp³-hybridized carbons (Fsp3) is 0.556. The average molecular weight is 412 g/mol. The van der Waals surface area contributed by atoms with Crippen molar-refractivity contribution < 1.29 is 17.6 Å². The Labute approximate surface area is 163 Å². The molecule has 3 heterocycles. The number of hydrogen-bond donors (Lipinski definition) is 1. The number of hydrogen-bond acceptors (Lipinski definition) is 6. The Balaban J connectivity index is 1.52. The predicted molar refractivity (Wildman–Crippen MR) is 105 cm³/mol. The number of aryl methyl sites for hydroxylation is 1. The quantitative estimate of drug-likeness (QED) is 0.756. The number of thiophene rings is 1. The van der Waals surface area contributed by atoms with Gasteiger partial charge >= 0.3 is 0 Å². The van der Waals surface area contributed by atoms with Gasteiger partial charge in [0, 0.05) is 19.1 Å². The van der Waals surface area contributed by atoms with Crippen LogP contribution in [0.3, 0.4) is 0 Å². The molecule has 0 radical (unpaired) electrons. The van der Waals surface area contributed by atoms with Gasteiger partial charge in [0.2, 0.25) is 21.8 Å². The van der Waals surface area contributed by atoms with E-state index in [4.69, 9.17) is 4.42 Å². The molecule has 1 aliphatic rings. The molecule has 0 atom stereocenters. The first-order chi connectivity index (χ1) is 12.9. The third-order valence-corrected chi connectivity index (χ3v) is 7.56. The summed E-state index contributed by atoms with van der Waals surface area (Å²) in [5, 5.41) is 4.96. The highest BCUT2D eigenvalue weighted by Crippen LogP contribution is 2.26. The summed E-state index contributed by atoms with van der Waals surface area (Å²) in [6.45, 7) is 4.58. The fourth-order valence-corrected chi connectivity index (χ4v) is 5.38. The summed E-state index contributed by atoms with van der Waals surface area (Å²) in [6.07, 6.45) is 2.04. The van der Waals surface area contributed by atoms with Gasteiger partial charge in [0.15, 0.2) is 0 Å².